The van der Waals surface area contributed by atoms with E-state index in [1.54, 1.807) is 31.2 Å². The fourth-order valence-electron chi connectivity index (χ4n) is 3.25. The Morgan fingerprint density at radius 1 is 0.829 bits per heavy atom. The van der Waals surface area contributed by atoms with E-state index in [0.717, 1.165) is 5.56 Å². The van der Waals surface area contributed by atoms with Crippen LogP contribution in [0.25, 0.3) is 0 Å². The second kappa shape index (κ2) is 9.43. The van der Waals surface area contributed by atoms with E-state index in [2.05, 4.69) is 4.99 Å². The molecule has 0 aliphatic rings. The van der Waals surface area contributed by atoms with Crippen LogP contribution >= 0.6 is 0 Å². The van der Waals surface area contributed by atoms with Gasteiger partial charge in [0.15, 0.2) is 11.3 Å². The van der Waals surface area contributed by atoms with E-state index in [1.807, 2.05) is 0 Å². The number of amides is 1. The topological polar surface area (TPSA) is 108 Å². The maximum Gasteiger partial charge on any atom is 0.351 e. The predicted molar refractivity (Wildman–Crippen MR) is 125 cm³/mol. The van der Waals surface area contributed by atoms with Gasteiger partial charge in [0.05, 0.1) is 11.1 Å². The molecule has 1 heterocycles. The van der Waals surface area contributed by atoms with Gasteiger partial charge in [0.1, 0.15) is 0 Å². The van der Waals surface area contributed by atoms with Gasteiger partial charge < -0.3 is 0 Å². The van der Waals surface area contributed by atoms with E-state index in [-0.39, 0.29) is 24.6 Å². The number of carbonyl (C=O) groups is 2. The van der Waals surface area contributed by atoms with Crippen LogP contribution in [0.5, 0.6) is 0 Å². The largest absolute Gasteiger partial charge is 0.351 e. The average molecular weight is 492 g/mol. The average Bonchev–Trinajstić information content (AvgIpc) is 2.87. The standard InChI is InChI=1S/C25H18FN3O5S/c1-17-12-14-20(15-13-17)35(33,34)28-16-21(26)22(27-23(30)18-8-4-2-5-9-18)29(25(28)32)24(31)19-10-6-3-7-11-19/h2-16H,1H3. The minimum absolute atomic E-state index is 0.0388. The first-order valence-corrected chi connectivity index (χ1v) is 11.7. The fourth-order valence-corrected chi connectivity index (χ4v) is 4.47. The number of aromatic nitrogens is 2. The molecular weight excluding hydrogens is 473 g/mol. The van der Waals surface area contributed by atoms with E-state index in [0.29, 0.717) is 6.20 Å². The number of nitrogens with zero attached hydrogens (tertiary/aromatic N) is 3. The first-order valence-electron chi connectivity index (χ1n) is 10.3. The summed E-state index contributed by atoms with van der Waals surface area (Å²) in [6.45, 7) is 1.74. The molecular formula is C25H18FN3O5S. The molecule has 0 aliphatic heterocycles. The van der Waals surface area contributed by atoms with Crippen LogP contribution in [0.3, 0.4) is 0 Å². The normalized spacial score (nSPS) is 11.9. The van der Waals surface area contributed by atoms with Crippen molar-refractivity contribution in [1.82, 2.24) is 8.54 Å². The Morgan fingerprint density at radius 2 is 1.37 bits per heavy atom. The number of hydrogen-bond donors (Lipinski definition) is 0. The zero-order chi connectivity index (χ0) is 25.2. The SMILES string of the molecule is Cc1ccc(S(=O)(=O)n2cc(F)c(=NC(=O)c3ccccc3)n(C(=O)c3ccccc3)c2=O)cc1. The minimum Gasteiger partial charge on any atom is -0.268 e. The van der Waals surface area contributed by atoms with Gasteiger partial charge in [-0.25, -0.2) is 22.2 Å². The molecule has 1 aromatic heterocycles. The van der Waals surface area contributed by atoms with Gasteiger partial charge in [-0.2, -0.15) is 8.96 Å². The molecule has 0 fully saturated rings. The van der Waals surface area contributed by atoms with Gasteiger partial charge in [0, 0.05) is 11.1 Å². The Morgan fingerprint density at radius 3 is 1.94 bits per heavy atom. The molecule has 4 aromatic rings. The van der Waals surface area contributed by atoms with Crippen molar-refractivity contribution >= 4 is 21.8 Å². The van der Waals surface area contributed by atoms with Crippen molar-refractivity contribution in [3.63, 3.8) is 0 Å². The van der Waals surface area contributed by atoms with E-state index in [9.17, 15) is 22.8 Å². The van der Waals surface area contributed by atoms with Crippen molar-refractivity contribution in [2.24, 2.45) is 4.99 Å². The maximum atomic E-state index is 15.3. The van der Waals surface area contributed by atoms with Gasteiger partial charge in [-0.3, -0.25) is 9.59 Å². The van der Waals surface area contributed by atoms with Gasteiger partial charge >= 0.3 is 5.69 Å². The summed E-state index contributed by atoms with van der Waals surface area (Å²) in [6, 6.07) is 20.6. The third-order valence-electron chi connectivity index (χ3n) is 5.07. The Kier molecular flexibility index (Phi) is 6.39. The summed E-state index contributed by atoms with van der Waals surface area (Å²) < 4.78 is 42.0. The number of rotatable bonds is 4. The fraction of sp³-hybridized carbons (Fsp3) is 0.0400. The second-order valence-electron chi connectivity index (χ2n) is 7.49. The van der Waals surface area contributed by atoms with Crippen LogP contribution in [0, 0.1) is 12.7 Å². The van der Waals surface area contributed by atoms with Crippen molar-refractivity contribution < 1.29 is 22.4 Å². The third-order valence-corrected chi connectivity index (χ3v) is 6.71. The molecule has 35 heavy (non-hydrogen) atoms. The number of hydrogen-bond acceptors (Lipinski definition) is 5. The van der Waals surface area contributed by atoms with Crippen molar-refractivity contribution in [1.29, 1.82) is 0 Å². The highest BCUT2D eigenvalue weighted by molar-refractivity contribution is 7.90. The molecule has 0 bridgehead atoms. The lowest BCUT2D eigenvalue weighted by atomic mass is 10.2. The Labute approximate surface area is 199 Å². The van der Waals surface area contributed by atoms with Gasteiger partial charge in [-0.15, -0.1) is 0 Å². The van der Waals surface area contributed by atoms with Crippen molar-refractivity contribution in [2.45, 2.75) is 11.8 Å². The smallest absolute Gasteiger partial charge is 0.268 e. The zero-order valence-corrected chi connectivity index (χ0v) is 19.1. The molecule has 1 amide bonds. The van der Waals surface area contributed by atoms with Crippen molar-refractivity contribution in [3.8, 4) is 0 Å². The van der Waals surface area contributed by atoms with E-state index in [1.165, 1.54) is 60.7 Å². The molecule has 0 radical (unpaired) electrons. The lowest BCUT2D eigenvalue weighted by molar-refractivity contribution is 0.0944. The molecule has 3 aromatic carbocycles. The van der Waals surface area contributed by atoms with Crippen LogP contribution in [0.1, 0.15) is 26.3 Å². The summed E-state index contributed by atoms with van der Waals surface area (Å²) in [5.74, 6) is -3.32. The summed E-state index contributed by atoms with van der Waals surface area (Å²) in [5, 5.41) is 0. The lowest BCUT2D eigenvalue weighted by Crippen LogP contribution is -2.47. The molecule has 0 aliphatic carbocycles. The molecule has 0 saturated carbocycles. The van der Waals surface area contributed by atoms with Crippen LogP contribution in [0.4, 0.5) is 4.39 Å². The van der Waals surface area contributed by atoms with Crippen molar-refractivity contribution in [3.05, 3.63) is 130 Å². The molecule has 0 spiro atoms. The van der Waals surface area contributed by atoms with Gasteiger partial charge in [-0.1, -0.05) is 54.1 Å². The lowest BCUT2D eigenvalue weighted by Gasteiger charge is -2.12. The molecule has 4 rings (SSSR count). The molecule has 8 nitrogen and oxygen atoms in total. The Bertz CT molecular complexity index is 1660. The zero-order valence-electron chi connectivity index (χ0n) is 18.3. The van der Waals surface area contributed by atoms with Crippen LogP contribution < -0.4 is 11.2 Å². The minimum atomic E-state index is -4.58. The van der Waals surface area contributed by atoms with E-state index < -0.39 is 38.8 Å². The van der Waals surface area contributed by atoms with Crippen molar-refractivity contribution in [2.75, 3.05) is 0 Å². The highest BCUT2D eigenvalue weighted by Gasteiger charge is 2.25. The molecule has 10 heteroatoms. The summed E-state index contributed by atoms with van der Waals surface area (Å²) >= 11 is 0. The summed E-state index contributed by atoms with van der Waals surface area (Å²) in [6.07, 6.45) is 0.406. The number of halogens is 1. The third kappa shape index (κ3) is 4.64. The highest BCUT2D eigenvalue weighted by Crippen LogP contribution is 2.13. The van der Waals surface area contributed by atoms with Crippen LogP contribution in [0.15, 0.2) is 106 Å². The quantitative estimate of drug-likeness (QED) is 0.436. The van der Waals surface area contributed by atoms with Crippen LogP contribution in [0.2, 0.25) is 0 Å². The van der Waals surface area contributed by atoms with E-state index in [4.69, 9.17) is 0 Å². The Balaban J connectivity index is 2.01. The molecule has 0 N–H and O–H groups in total. The van der Waals surface area contributed by atoms with Gasteiger partial charge in [0.2, 0.25) is 0 Å². The number of carbonyl (C=O) groups excluding carboxylic acids is 2. The van der Waals surface area contributed by atoms with Gasteiger partial charge in [-0.05, 0) is 43.3 Å². The van der Waals surface area contributed by atoms with E-state index >= 15 is 4.39 Å². The van der Waals surface area contributed by atoms with Crippen LogP contribution in [-0.2, 0) is 10.0 Å². The highest BCUT2D eigenvalue weighted by atomic mass is 32.2. The monoisotopic (exact) mass is 491 g/mol. The Hall–Kier alpha value is -4.44. The number of aryl methyl sites for hydroxylation is 1. The number of benzene rings is 3. The second-order valence-corrected chi connectivity index (χ2v) is 9.30. The van der Waals surface area contributed by atoms with Crippen LogP contribution in [-0.4, -0.2) is 28.8 Å². The molecule has 0 unspecified atom stereocenters. The predicted octanol–water partition coefficient (Wildman–Crippen LogP) is 2.76. The molecule has 0 saturated heterocycles. The summed E-state index contributed by atoms with van der Waals surface area (Å²) in [7, 11) is -4.58. The molecule has 176 valence electrons. The summed E-state index contributed by atoms with van der Waals surface area (Å²) in [5.41, 5.74) is -1.50. The van der Waals surface area contributed by atoms with Gasteiger partial charge in [0.25, 0.3) is 21.8 Å². The first kappa shape index (κ1) is 23.7. The first-order chi connectivity index (χ1) is 16.7. The summed E-state index contributed by atoms with van der Waals surface area (Å²) in [4.78, 5) is 42.6. The molecule has 0 atom stereocenters. The maximum absolute atomic E-state index is 15.3.